The number of aryl methyl sites for hydroxylation is 1. The molecule has 0 aliphatic heterocycles. The first kappa shape index (κ1) is 13.7. The lowest BCUT2D eigenvalue weighted by molar-refractivity contribution is 0.808. The van der Waals surface area contributed by atoms with Crippen LogP contribution in [-0.2, 0) is 0 Å². The fourth-order valence-corrected chi connectivity index (χ4v) is 2.69. The molecule has 0 saturated heterocycles. The molecule has 0 saturated carbocycles. The number of hydrogen-bond acceptors (Lipinski definition) is 2. The Morgan fingerprint density at radius 2 is 1.72 bits per heavy atom. The third-order valence-electron chi connectivity index (χ3n) is 2.69. The van der Waals surface area contributed by atoms with Gasteiger partial charge in [-0.1, -0.05) is 55.3 Å². The van der Waals surface area contributed by atoms with Gasteiger partial charge in [0.05, 0.1) is 9.26 Å². The van der Waals surface area contributed by atoms with Gasteiger partial charge in [0.1, 0.15) is 5.15 Å². The predicted octanol–water partition coefficient (Wildman–Crippen LogP) is 4.83. The van der Waals surface area contributed by atoms with E-state index in [0.29, 0.717) is 16.9 Å². The normalized spacial score (nSPS) is 11.0. The standard InChI is InChI=1S/C14H14ClIN2/c1-8(2)12-11(16)13(15)18-14(17-12)10-6-4-9(3)5-7-10/h4-8H,1-3H3. The molecular weight excluding hydrogens is 359 g/mol. The summed E-state index contributed by atoms with van der Waals surface area (Å²) < 4.78 is 0.945. The summed E-state index contributed by atoms with van der Waals surface area (Å²) in [7, 11) is 0. The number of nitrogens with zero attached hydrogens (tertiary/aromatic N) is 2. The van der Waals surface area contributed by atoms with Crippen LogP contribution in [0.3, 0.4) is 0 Å². The Kier molecular flexibility index (Phi) is 4.22. The quantitative estimate of drug-likeness (QED) is 0.557. The van der Waals surface area contributed by atoms with Gasteiger partial charge in [-0.25, -0.2) is 9.97 Å². The predicted molar refractivity (Wildman–Crippen MR) is 84.0 cm³/mol. The molecule has 2 rings (SSSR count). The van der Waals surface area contributed by atoms with Crippen LogP contribution in [0.2, 0.25) is 5.15 Å². The molecule has 0 amide bonds. The van der Waals surface area contributed by atoms with Crippen LogP contribution in [0.1, 0.15) is 31.0 Å². The van der Waals surface area contributed by atoms with Gasteiger partial charge in [-0.15, -0.1) is 0 Å². The Morgan fingerprint density at radius 3 is 2.28 bits per heavy atom. The third-order valence-corrected chi connectivity index (χ3v) is 4.35. The molecule has 1 aromatic heterocycles. The van der Waals surface area contributed by atoms with E-state index in [9.17, 15) is 0 Å². The van der Waals surface area contributed by atoms with E-state index in [1.165, 1.54) is 5.56 Å². The van der Waals surface area contributed by atoms with E-state index in [1.54, 1.807) is 0 Å². The van der Waals surface area contributed by atoms with Gasteiger partial charge in [-0.2, -0.15) is 0 Å². The zero-order chi connectivity index (χ0) is 13.3. The maximum atomic E-state index is 6.19. The first-order chi connectivity index (χ1) is 8.49. The first-order valence-corrected chi connectivity index (χ1v) is 7.24. The monoisotopic (exact) mass is 372 g/mol. The second kappa shape index (κ2) is 5.53. The molecule has 18 heavy (non-hydrogen) atoms. The van der Waals surface area contributed by atoms with E-state index >= 15 is 0 Å². The van der Waals surface area contributed by atoms with Crippen molar-refractivity contribution in [2.45, 2.75) is 26.7 Å². The van der Waals surface area contributed by atoms with Gasteiger partial charge in [-0.05, 0) is 35.4 Å². The van der Waals surface area contributed by atoms with Crippen LogP contribution in [0.15, 0.2) is 24.3 Å². The van der Waals surface area contributed by atoms with Crippen molar-refractivity contribution >= 4 is 34.2 Å². The van der Waals surface area contributed by atoms with Crippen LogP contribution in [0.4, 0.5) is 0 Å². The summed E-state index contributed by atoms with van der Waals surface area (Å²) in [6, 6.07) is 8.16. The van der Waals surface area contributed by atoms with Crippen molar-refractivity contribution < 1.29 is 0 Å². The molecule has 0 fully saturated rings. The topological polar surface area (TPSA) is 25.8 Å². The summed E-state index contributed by atoms with van der Waals surface area (Å²) in [6.45, 7) is 6.28. The molecule has 0 unspecified atom stereocenters. The van der Waals surface area contributed by atoms with Gasteiger partial charge in [0, 0.05) is 5.56 Å². The van der Waals surface area contributed by atoms with E-state index in [-0.39, 0.29) is 0 Å². The maximum absolute atomic E-state index is 6.19. The number of halogens is 2. The van der Waals surface area contributed by atoms with E-state index in [1.807, 2.05) is 12.1 Å². The fourth-order valence-electron chi connectivity index (χ4n) is 1.65. The van der Waals surface area contributed by atoms with Gasteiger partial charge >= 0.3 is 0 Å². The summed E-state index contributed by atoms with van der Waals surface area (Å²) in [6.07, 6.45) is 0. The highest BCUT2D eigenvalue weighted by Gasteiger charge is 2.14. The molecule has 2 nitrogen and oxygen atoms in total. The molecule has 94 valence electrons. The van der Waals surface area contributed by atoms with Crippen LogP contribution in [0, 0.1) is 10.5 Å². The Balaban J connectivity index is 2.55. The highest BCUT2D eigenvalue weighted by atomic mass is 127. The van der Waals surface area contributed by atoms with Crippen molar-refractivity contribution in [3.8, 4) is 11.4 Å². The van der Waals surface area contributed by atoms with Gasteiger partial charge in [-0.3, -0.25) is 0 Å². The second-order valence-electron chi connectivity index (χ2n) is 4.56. The number of benzene rings is 1. The lowest BCUT2D eigenvalue weighted by Crippen LogP contribution is -2.02. The van der Waals surface area contributed by atoms with Gasteiger partial charge < -0.3 is 0 Å². The summed E-state index contributed by atoms with van der Waals surface area (Å²) in [5.74, 6) is 1.03. The van der Waals surface area contributed by atoms with Crippen molar-refractivity contribution in [3.63, 3.8) is 0 Å². The van der Waals surface area contributed by atoms with Gasteiger partial charge in [0.2, 0.25) is 0 Å². The molecule has 1 heterocycles. The Morgan fingerprint density at radius 1 is 1.11 bits per heavy atom. The molecule has 0 bridgehead atoms. The van der Waals surface area contributed by atoms with E-state index < -0.39 is 0 Å². The van der Waals surface area contributed by atoms with Crippen molar-refractivity contribution in [1.29, 1.82) is 0 Å². The summed E-state index contributed by atoms with van der Waals surface area (Å²) in [4.78, 5) is 8.99. The van der Waals surface area contributed by atoms with Crippen LogP contribution in [0.25, 0.3) is 11.4 Å². The zero-order valence-corrected chi connectivity index (χ0v) is 13.5. The average molecular weight is 373 g/mol. The number of aromatic nitrogens is 2. The Labute approximate surface area is 126 Å². The molecule has 1 aromatic carbocycles. The minimum Gasteiger partial charge on any atom is -0.232 e. The molecule has 0 spiro atoms. The van der Waals surface area contributed by atoms with Gasteiger partial charge in [0.25, 0.3) is 0 Å². The summed E-state index contributed by atoms with van der Waals surface area (Å²) in [5.41, 5.74) is 3.23. The molecule has 2 aromatic rings. The molecule has 0 radical (unpaired) electrons. The lowest BCUT2D eigenvalue weighted by Gasteiger charge is -2.11. The summed E-state index contributed by atoms with van der Waals surface area (Å²) in [5, 5.41) is 0.532. The molecule has 0 N–H and O–H groups in total. The summed E-state index contributed by atoms with van der Waals surface area (Å²) >= 11 is 8.39. The number of rotatable bonds is 2. The molecule has 0 atom stereocenters. The van der Waals surface area contributed by atoms with Crippen molar-refractivity contribution in [1.82, 2.24) is 9.97 Å². The van der Waals surface area contributed by atoms with Crippen molar-refractivity contribution in [2.24, 2.45) is 0 Å². The van der Waals surface area contributed by atoms with E-state index in [0.717, 1.165) is 14.8 Å². The highest BCUT2D eigenvalue weighted by Crippen LogP contribution is 2.28. The first-order valence-electron chi connectivity index (χ1n) is 5.79. The third kappa shape index (κ3) is 2.83. The largest absolute Gasteiger partial charge is 0.232 e. The smallest absolute Gasteiger partial charge is 0.161 e. The zero-order valence-electron chi connectivity index (χ0n) is 10.5. The van der Waals surface area contributed by atoms with E-state index in [2.05, 4.69) is 65.5 Å². The molecule has 4 heteroatoms. The van der Waals surface area contributed by atoms with Crippen LogP contribution < -0.4 is 0 Å². The Bertz CT molecular complexity index is 565. The van der Waals surface area contributed by atoms with Crippen molar-refractivity contribution in [3.05, 3.63) is 44.2 Å². The lowest BCUT2D eigenvalue weighted by atomic mass is 10.1. The van der Waals surface area contributed by atoms with Gasteiger partial charge in [0.15, 0.2) is 5.82 Å². The second-order valence-corrected chi connectivity index (χ2v) is 5.99. The van der Waals surface area contributed by atoms with Crippen LogP contribution >= 0.6 is 34.2 Å². The minimum absolute atomic E-state index is 0.335. The SMILES string of the molecule is Cc1ccc(-c2nc(Cl)c(I)c(C(C)C)n2)cc1. The van der Waals surface area contributed by atoms with E-state index in [4.69, 9.17) is 11.6 Å². The van der Waals surface area contributed by atoms with Crippen LogP contribution in [0.5, 0.6) is 0 Å². The minimum atomic E-state index is 0.335. The molecule has 0 aliphatic rings. The maximum Gasteiger partial charge on any atom is 0.161 e. The number of hydrogen-bond donors (Lipinski definition) is 0. The molecule has 0 aliphatic carbocycles. The van der Waals surface area contributed by atoms with Crippen molar-refractivity contribution in [2.75, 3.05) is 0 Å². The van der Waals surface area contributed by atoms with Crippen LogP contribution in [-0.4, -0.2) is 9.97 Å². The molecular formula is C14H14ClIN2. The Hall–Kier alpha value is -0.680. The average Bonchev–Trinajstić information content (AvgIpc) is 2.33. The fraction of sp³-hybridized carbons (Fsp3) is 0.286. The highest BCUT2D eigenvalue weighted by molar-refractivity contribution is 14.1.